The van der Waals surface area contributed by atoms with Gasteiger partial charge >= 0.3 is 0 Å². The monoisotopic (exact) mass is 284 g/mol. The van der Waals surface area contributed by atoms with E-state index in [0.29, 0.717) is 0 Å². The first kappa shape index (κ1) is 12.0. The molecule has 1 saturated heterocycles. The Kier molecular flexibility index (Phi) is 3.62. The van der Waals surface area contributed by atoms with Gasteiger partial charge in [0, 0.05) is 23.8 Å². The average molecular weight is 285 g/mol. The molecule has 0 radical (unpaired) electrons. The fourth-order valence-corrected chi connectivity index (χ4v) is 2.42. The van der Waals surface area contributed by atoms with Crippen LogP contribution in [0.4, 0.5) is 0 Å². The molecule has 1 atom stereocenters. The molecular weight excluding hydrogens is 268 g/mol. The predicted octanol–water partition coefficient (Wildman–Crippen LogP) is 2.19. The SMILES string of the molecule is CC1(O)CCCN(Cc2ccc(Br)cn2)C1. The molecule has 2 rings (SSSR count). The average Bonchev–Trinajstić information content (AvgIpc) is 2.20. The van der Waals surface area contributed by atoms with Gasteiger partial charge < -0.3 is 5.11 Å². The smallest absolute Gasteiger partial charge is 0.0746 e. The molecule has 0 amide bonds. The van der Waals surface area contributed by atoms with E-state index in [1.54, 1.807) is 0 Å². The van der Waals surface area contributed by atoms with Gasteiger partial charge in [0.15, 0.2) is 0 Å². The molecule has 0 aliphatic carbocycles. The number of nitrogens with zero attached hydrogens (tertiary/aromatic N) is 2. The summed E-state index contributed by atoms with van der Waals surface area (Å²) in [6.45, 7) is 4.52. The van der Waals surface area contributed by atoms with Crippen molar-refractivity contribution >= 4 is 15.9 Å². The van der Waals surface area contributed by atoms with E-state index in [-0.39, 0.29) is 0 Å². The van der Waals surface area contributed by atoms with E-state index in [0.717, 1.165) is 42.6 Å². The zero-order valence-electron chi connectivity index (χ0n) is 9.49. The fourth-order valence-electron chi connectivity index (χ4n) is 2.19. The van der Waals surface area contributed by atoms with E-state index in [9.17, 15) is 5.11 Å². The summed E-state index contributed by atoms with van der Waals surface area (Å²) in [6.07, 6.45) is 3.78. The first-order valence-electron chi connectivity index (χ1n) is 5.60. The van der Waals surface area contributed by atoms with Crippen molar-refractivity contribution in [2.75, 3.05) is 13.1 Å². The normalized spacial score (nSPS) is 26.9. The van der Waals surface area contributed by atoms with Crippen molar-refractivity contribution in [1.29, 1.82) is 0 Å². The van der Waals surface area contributed by atoms with Gasteiger partial charge in [-0.2, -0.15) is 0 Å². The molecule has 0 saturated carbocycles. The number of aliphatic hydroxyl groups is 1. The fraction of sp³-hybridized carbons (Fsp3) is 0.583. The van der Waals surface area contributed by atoms with E-state index < -0.39 is 5.60 Å². The number of pyridine rings is 1. The quantitative estimate of drug-likeness (QED) is 0.905. The molecular formula is C12H17BrN2O. The summed E-state index contributed by atoms with van der Waals surface area (Å²) >= 11 is 3.37. The number of hydrogen-bond acceptors (Lipinski definition) is 3. The van der Waals surface area contributed by atoms with Gasteiger partial charge in [-0.25, -0.2) is 0 Å². The predicted molar refractivity (Wildman–Crippen MR) is 67.1 cm³/mol. The molecule has 4 heteroatoms. The second-order valence-electron chi connectivity index (χ2n) is 4.78. The highest BCUT2D eigenvalue weighted by molar-refractivity contribution is 9.10. The summed E-state index contributed by atoms with van der Waals surface area (Å²) in [5, 5.41) is 10.00. The van der Waals surface area contributed by atoms with Crippen LogP contribution in [-0.4, -0.2) is 33.7 Å². The largest absolute Gasteiger partial charge is 0.389 e. The summed E-state index contributed by atoms with van der Waals surface area (Å²) in [5.41, 5.74) is 0.522. The minimum atomic E-state index is -0.534. The van der Waals surface area contributed by atoms with Gasteiger partial charge in [-0.3, -0.25) is 9.88 Å². The molecule has 2 heterocycles. The third kappa shape index (κ3) is 3.27. The van der Waals surface area contributed by atoms with Crippen LogP contribution < -0.4 is 0 Å². The molecule has 16 heavy (non-hydrogen) atoms. The van der Waals surface area contributed by atoms with Gasteiger partial charge in [-0.15, -0.1) is 0 Å². The second kappa shape index (κ2) is 4.82. The molecule has 88 valence electrons. The lowest BCUT2D eigenvalue weighted by atomic mass is 9.95. The Morgan fingerprint density at radius 3 is 3.00 bits per heavy atom. The van der Waals surface area contributed by atoms with Gasteiger partial charge in [0.25, 0.3) is 0 Å². The molecule has 1 aromatic heterocycles. The number of aromatic nitrogens is 1. The summed E-state index contributed by atoms with van der Waals surface area (Å²) < 4.78 is 1.00. The van der Waals surface area contributed by atoms with E-state index >= 15 is 0 Å². The Morgan fingerprint density at radius 2 is 2.38 bits per heavy atom. The van der Waals surface area contributed by atoms with Crippen LogP contribution in [0.2, 0.25) is 0 Å². The Bertz CT molecular complexity index is 351. The van der Waals surface area contributed by atoms with Crippen LogP contribution in [0.5, 0.6) is 0 Å². The number of hydrogen-bond donors (Lipinski definition) is 1. The van der Waals surface area contributed by atoms with Crippen molar-refractivity contribution in [2.45, 2.75) is 31.9 Å². The van der Waals surface area contributed by atoms with Crippen LogP contribution in [0.1, 0.15) is 25.5 Å². The maximum atomic E-state index is 10.00. The molecule has 0 aromatic carbocycles. The Hall–Kier alpha value is -0.450. The van der Waals surface area contributed by atoms with Crippen molar-refractivity contribution in [2.24, 2.45) is 0 Å². The highest BCUT2D eigenvalue weighted by atomic mass is 79.9. The zero-order chi connectivity index (χ0) is 11.6. The molecule has 0 spiro atoms. The van der Waals surface area contributed by atoms with Crippen LogP contribution in [0, 0.1) is 0 Å². The minimum Gasteiger partial charge on any atom is -0.389 e. The van der Waals surface area contributed by atoms with Crippen molar-refractivity contribution < 1.29 is 5.11 Å². The first-order valence-corrected chi connectivity index (χ1v) is 6.40. The lowest BCUT2D eigenvalue weighted by molar-refractivity contribution is -0.0184. The Morgan fingerprint density at radius 1 is 1.56 bits per heavy atom. The van der Waals surface area contributed by atoms with Crippen LogP contribution in [-0.2, 0) is 6.54 Å². The van der Waals surface area contributed by atoms with Crippen LogP contribution in [0.25, 0.3) is 0 Å². The third-order valence-corrected chi connectivity index (χ3v) is 3.40. The lowest BCUT2D eigenvalue weighted by Gasteiger charge is -2.36. The van der Waals surface area contributed by atoms with Gasteiger partial charge in [0.05, 0.1) is 11.3 Å². The maximum Gasteiger partial charge on any atom is 0.0746 e. The Labute approximate surface area is 105 Å². The first-order chi connectivity index (χ1) is 7.55. The van der Waals surface area contributed by atoms with Gasteiger partial charge in [0.2, 0.25) is 0 Å². The molecule has 1 aromatic rings. The standard InChI is InChI=1S/C12H17BrN2O/c1-12(16)5-2-6-15(9-12)8-11-4-3-10(13)7-14-11/h3-4,7,16H,2,5-6,8-9H2,1H3. The third-order valence-electron chi connectivity index (χ3n) is 2.93. The minimum absolute atomic E-state index is 0.534. The van der Waals surface area contributed by atoms with Crippen molar-refractivity contribution in [3.63, 3.8) is 0 Å². The summed E-state index contributed by atoms with van der Waals surface area (Å²) in [6, 6.07) is 4.03. The van der Waals surface area contributed by atoms with Crippen molar-refractivity contribution in [3.05, 3.63) is 28.5 Å². The van der Waals surface area contributed by atoms with Crippen LogP contribution in [0.15, 0.2) is 22.8 Å². The van der Waals surface area contributed by atoms with Crippen molar-refractivity contribution in [1.82, 2.24) is 9.88 Å². The highest BCUT2D eigenvalue weighted by Gasteiger charge is 2.28. The summed E-state index contributed by atoms with van der Waals surface area (Å²) in [5.74, 6) is 0. The second-order valence-corrected chi connectivity index (χ2v) is 5.69. The molecule has 1 N–H and O–H groups in total. The van der Waals surface area contributed by atoms with E-state index in [4.69, 9.17) is 0 Å². The summed E-state index contributed by atoms with van der Waals surface area (Å²) in [7, 11) is 0. The molecule has 1 unspecified atom stereocenters. The highest BCUT2D eigenvalue weighted by Crippen LogP contribution is 2.21. The van der Waals surface area contributed by atoms with Crippen molar-refractivity contribution in [3.8, 4) is 0 Å². The molecule has 1 aliphatic heterocycles. The lowest BCUT2D eigenvalue weighted by Crippen LogP contribution is -2.45. The van der Waals surface area contributed by atoms with E-state index in [1.165, 1.54) is 0 Å². The van der Waals surface area contributed by atoms with Crippen LogP contribution in [0.3, 0.4) is 0 Å². The number of likely N-dealkylation sites (tertiary alicyclic amines) is 1. The number of piperidine rings is 1. The zero-order valence-corrected chi connectivity index (χ0v) is 11.1. The van der Waals surface area contributed by atoms with E-state index in [1.807, 2.05) is 25.3 Å². The topological polar surface area (TPSA) is 36.4 Å². The maximum absolute atomic E-state index is 10.00. The van der Waals surface area contributed by atoms with Gasteiger partial charge in [0.1, 0.15) is 0 Å². The van der Waals surface area contributed by atoms with E-state index in [2.05, 4.69) is 25.8 Å². The number of β-amino-alcohol motifs (C(OH)–C–C–N with tert-alkyl or cyclic N) is 1. The molecule has 1 fully saturated rings. The summed E-state index contributed by atoms with van der Waals surface area (Å²) in [4.78, 5) is 6.61. The van der Waals surface area contributed by atoms with Gasteiger partial charge in [-0.05, 0) is 54.4 Å². The Balaban J connectivity index is 1.97. The molecule has 0 bridgehead atoms. The van der Waals surface area contributed by atoms with Gasteiger partial charge in [-0.1, -0.05) is 0 Å². The number of rotatable bonds is 2. The number of halogens is 1. The molecule has 3 nitrogen and oxygen atoms in total. The van der Waals surface area contributed by atoms with Crippen LogP contribution >= 0.6 is 15.9 Å². The molecule has 1 aliphatic rings.